The van der Waals surface area contributed by atoms with Gasteiger partial charge in [-0.2, -0.15) is 0 Å². The molecule has 0 amide bonds. The molecule has 0 aliphatic carbocycles. The van der Waals surface area contributed by atoms with Crippen LogP contribution in [0.5, 0.6) is 0 Å². The van der Waals surface area contributed by atoms with Crippen molar-refractivity contribution in [2.45, 2.75) is 12.3 Å². The highest BCUT2D eigenvalue weighted by atomic mass is 35.5. The summed E-state index contributed by atoms with van der Waals surface area (Å²) in [7, 11) is 0. The molecule has 5 heteroatoms. The largest absolute Gasteiger partial charge is 0.330 e. The van der Waals surface area contributed by atoms with Crippen LogP contribution >= 0.6 is 11.6 Å². The second-order valence-corrected chi connectivity index (χ2v) is 3.28. The van der Waals surface area contributed by atoms with Crippen LogP contribution in [-0.4, -0.2) is 6.54 Å². The third-order valence-corrected chi connectivity index (χ3v) is 2.11. The van der Waals surface area contributed by atoms with Crippen LogP contribution in [0.15, 0.2) is 18.2 Å². The van der Waals surface area contributed by atoms with Crippen molar-refractivity contribution in [3.05, 3.63) is 34.6 Å². The van der Waals surface area contributed by atoms with Crippen LogP contribution in [0, 0.1) is 5.82 Å². The van der Waals surface area contributed by atoms with E-state index in [-0.39, 0.29) is 11.6 Å². The first kappa shape index (κ1) is 11.3. The van der Waals surface area contributed by atoms with Crippen molar-refractivity contribution in [1.82, 2.24) is 0 Å². The third-order valence-electron chi connectivity index (χ3n) is 1.80. The monoisotopic (exact) mass is 223 g/mol. The molecule has 0 fully saturated rings. The number of hydrogen-bond donors (Lipinski definition) is 1. The van der Waals surface area contributed by atoms with Crippen LogP contribution in [0.1, 0.15) is 12.0 Å². The van der Waals surface area contributed by atoms with Gasteiger partial charge in [-0.15, -0.1) is 0 Å². The molecule has 1 aromatic carbocycles. The van der Waals surface area contributed by atoms with Crippen molar-refractivity contribution < 1.29 is 13.2 Å². The predicted octanol–water partition coefficient (Wildman–Crippen LogP) is 2.92. The Kier molecular flexibility index (Phi) is 3.39. The second kappa shape index (κ2) is 4.19. The standard InChI is InChI=1S/C9H9ClF3N/c10-7-2-1-6(5-8(7)11)9(12,13)3-4-14/h1-2,5H,3-4,14H2. The summed E-state index contributed by atoms with van der Waals surface area (Å²) in [5.41, 5.74) is 4.62. The molecule has 0 unspecified atom stereocenters. The summed E-state index contributed by atoms with van der Waals surface area (Å²) >= 11 is 5.36. The molecule has 78 valence electrons. The molecule has 14 heavy (non-hydrogen) atoms. The number of alkyl halides is 2. The molecule has 0 aromatic heterocycles. The van der Waals surface area contributed by atoms with E-state index in [1.807, 2.05) is 0 Å². The normalized spacial score (nSPS) is 11.8. The SMILES string of the molecule is NCCC(F)(F)c1ccc(Cl)c(F)c1. The summed E-state index contributed by atoms with van der Waals surface area (Å²) < 4.78 is 39.2. The van der Waals surface area contributed by atoms with Crippen LogP contribution in [-0.2, 0) is 5.92 Å². The van der Waals surface area contributed by atoms with Crippen LogP contribution in [0.4, 0.5) is 13.2 Å². The molecule has 0 radical (unpaired) electrons. The maximum absolute atomic E-state index is 13.2. The highest BCUT2D eigenvalue weighted by Gasteiger charge is 2.30. The van der Waals surface area contributed by atoms with Crippen LogP contribution in [0.3, 0.4) is 0 Å². The fraction of sp³-hybridized carbons (Fsp3) is 0.333. The molecule has 0 atom stereocenters. The Balaban J connectivity index is 3.01. The van der Waals surface area contributed by atoms with E-state index < -0.39 is 23.7 Å². The van der Waals surface area contributed by atoms with E-state index in [0.29, 0.717) is 0 Å². The molecule has 0 aliphatic heterocycles. The fourth-order valence-electron chi connectivity index (χ4n) is 1.05. The van der Waals surface area contributed by atoms with E-state index in [1.165, 1.54) is 0 Å². The summed E-state index contributed by atoms with van der Waals surface area (Å²) in [5.74, 6) is -3.94. The van der Waals surface area contributed by atoms with Crippen molar-refractivity contribution in [3.8, 4) is 0 Å². The van der Waals surface area contributed by atoms with Gasteiger partial charge in [0.2, 0.25) is 0 Å². The first-order valence-electron chi connectivity index (χ1n) is 4.01. The van der Waals surface area contributed by atoms with E-state index in [4.69, 9.17) is 17.3 Å². The minimum absolute atomic E-state index is 0.156. The van der Waals surface area contributed by atoms with E-state index in [9.17, 15) is 13.2 Å². The highest BCUT2D eigenvalue weighted by molar-refractivity contribution is 6.30. The summed E-state index contributed by atoms with van der Waals surface area (Å²) in [6.07, 6.45) is -0.506. The lowest BCUT2D eigenvalue weighted by molar-refractivity contribution is -0.0110. The molecular formula is C9H9ClF3N. The minimum atomic E-state index is -3.10. The first-order valence-corrected chi connectivity index (χ1v) is 4.38. The van der Waals surface area contributed by atoms with Crippen molar-refractivity contribution in [2.75, 3.05) is 6.54 Å². The lowest BCUT2D eigenvalue weighted by atomic mass is 10.1. The molecular weight excluding hydrogens is 215 g/mol. The summed E-state index contributed by atoms with van der Waals surface area (Å²) in [6, 6.07) is 2.94. The van der Waals surface area contributed by atoms with Crippen LogP contribution in [0.2, 0.25) is 5.02 Å². The van der Waals surface area contributed by atoms with Gasteiger partial charge in [0.25, 0.3) is 5.92 Å². The maximum Gasteiger partial charge on any atom is 0.274 e. The Bertz CT molecular complexity index is 328. The zero-order chi connectivity index (χ0) is 10.8. The molecule has 2 N–H and O–H groups in total. The molecule has 1 nitrogen and oxygen atoms in total. The topological polar surface area (TPSA) is 26.0 Å². The number of nitrogens with two attached hydrogens (primary N) is 1. The molecule has 1 aromatic rings. The quantitative estimate of drug-likeness (QED) is 0.838. The van der Waals surface area contributed by atoms with Gasteiger partial charge >= 0.3 is 0 Å². The zero-order valence-electron chi connectivity index (χ0n) is 7.24. The summed E-state index contributed by atoms with van der Waals surface area (Å²) in [4.78, 5) is 0. The van der Waals surface area contributed by atoms with Crippen LogP contribution < -0.4 is 5.73 Å². The summed E-state index contributed by atoms with van der Waals surface area (Å²) in [5, 5.41) is -0.169. The van der Waals surface area contributed by atoms with Crippen LogP contribution in [0.25, 0.3) is 0 Å². The van der Waals surface area contributed by atoms with Gasteiger partial charge in [-0.25, -0.2) is 13.2 Å². The molecule has 1 rings (SSSR count). The van der Waals surface area contributed by atoms with Gasteiger partial charge in [-0.05, 0) is 18.7 Å². The smallest absolute Gasteiger partial charge is 0.274 e. The Morgan fingerprint density at radius 1 is 1.36 bits per heavy atom. The van der Waals surface area contributed by atoms with Crippen molar-refractivity contribution in [2.24, 2.45) is 5.73 Å². The minimum Gasteiger partial charge on any atom is -0.330 e. The average molecular weight is 224 g/mol. The van der Waals surface area contributed by atoms with Gasteiger partial charge in [0.05, 0.1) is 5.02 Å². The second-order valence-electron chi connectivity index (χ2n) is 2.87. The Labute approximate surface area is 84.7 Å². The Hall–Kier alpha value is -0.740. The maximum atomic E-state index is 13.2. The first-order chi connectivity index (χ1) is 6.47. The van der Waals surface area contributed by atoms with E-state index in [2.05, 4.69) is 0 Å². The number of benzene rings is 1. The van der Waals surface area contributed by atoms with Crippen molar-refractivity contribution >= 4 is 11.6 Å². The molecule has 0 bridgehead atoms. The Morgan fingerprint density at radius 3 is 2.50 bits per heavy atom. The zero-order valence-corrected chi connectivity index (χ0v) is 7.99. The molecule has 0 heterocycles. The lowest BCUT2D eigenvalue weighted by Gasteiger charge is -2.15. The van der Waals surface area contributed by atoms with Gasteiger partial charge in [0, 0.05) is 12.0 Å². The fourth-order valence-corrected chi connectivity index (χ4v) is 1.17. The molecule has 0 saturated carbocycles. The van der Waals surface area contributed by atoms with Gasteiger partial charge in [0.15, 0.2) is 0 Å². The van der Waals surface area contributed by atoms with Gasteiger partial charge in [-0.3, -0.25) is 0 Å². The molecule has 0 spiro atoms. The molecule has 0 saturated heterocycles. The van der Waals surface area contributed by atoms with Gasteiger partial charge in [-0.1, -0.05) is 17.7 Å². The van der Waals surface area contributed by atoms with Crippen molar-refractivity contribution in [3.63, 3.8) is 0 Å². The van der Waals surface area contributed by atoms with E-state index in [0.717, 1.165) is 18.2 Å². The summed E-state index contributed by atoms with van der Waals surface area (Å²) in [6.45, 7) is -0.156. The average Bonchev–Trinajstić information content (AvgIpc) is 2.09. The molecule has 0 aliphatic rings. The van der Waals surface area contributed by atoms with Gasteiger partial charge < -0.3 is 5.73 Å². The number of hydrogen-bond acceptors (Lipinski definition) is 1. The van der Waals surface area contributed by atoms with Crippen molar-refractivity contribution in [1.29, 1.82) is 0 Å². The van der Waals surface area contributed by atoms with Gasteiger partial charge in [0.1, 0.15) is 5.82 Å². The lowest BCUT2D eigenvalue weighted by Crippen LogP contribution is -2.18. The Morgan fingerprint density at radius 2 is 2.00 bits per heavy atom. The van der Waals surface area contributed by atoms with E-state index >= 15 is 0 Å². The number of halogens is 4. The highest BCUT2D eigenvalue weighted by Crippen LogP contribution is 2.32. The number of rotatable bonds is 3. The third kappa shape index (κ3) is 2.39. The predicted molar refractivity (Wildman–Crippen MR) is 49.0 cm³/mol. The van der Waals surface area contributed by atoms with E-state index in [1.54, 1.807) is 0 Å².